The molecule has 0 spiro atoms. The number of imidazole rings is 1. The van der Waals surface area contributed by atoms with Gasteiger partial charge in [-0.2, -0.15) is 0 Å². The van der Waals surface area contributed by atoms with Crippen LogP contribution in [0.2, 0.25) is 5.02 Å². The molecular formula is C18H19ClN4O3. The molecule has 3 rings (SSSR count). The zero-order valence-electron chi connectivity index (χ0n) is 14.7. The van der Waals surface area contributed by atoms with Crippen LogP contribution in [0.4, 0.5) is 0 Å². The summed E-state index contributed by atoms with van der Waals surface area (Å²) in [5.74, 6) is -0.364. The second-order valence-corrected chi connectivity index (χ2v) is 6.57. The van der Waals surface area contributed by atoms with Gasteiger partial charge in [0.25, 0.3) is 11.5 Å². The number of carbonyl (C=O) groups is 1. The van der Waals surface area contributed by atoms with Gasteiger partial charge in [0.1, 0.15) is 5.69 Å². The standard InChI is InChI=1S/C18H19ClN4O3/c1-11(10-24)21(2)17(25)14-8-23-9-15(12-6-4-5-7-13(12)19)22(3)18(26)16(23)20-14/h4-9,11,24H,10H2,1-3H3/t11-/m0/s1. The molecule has 7 nitrogen and oxygen atoms in total. The maximum Gasteiger partial charge on any atom is 0.294 e. The molecule has 1 amide bonds. The Bertz CT molecular complexity index is 1040. The van der Waals surface area contributed by atoms with Gasteiger partial charge in [-0.05, 0) is 13.0 Å². The molecule has 0 bridgehead atoms. The summed E-state index contributed by atoms with van der Waals surface area (Å²) in [7, 11) is 3.22. The largest absolute Gasteiger partial charge is 0.394 e. The lowest BCUT2D eigenvalue weighted by atomic mass is 10.1. The van der Waals surface area contributed by atoms with Gasteiger partial charge in [-0.1, -0.05) is 29.8 Å². The number of likely N-dealkylation sites (N-methyl/N-ethyl adjacent to an activating group) is 1. The lowest BCUT2D eigenvalue weighted by molar-refractivity contribution is 0.0677. The number of rotatable bonds is 4. The number of aliphatic hydroxyl groups excluding tert-OH is 1. The van der Waals surface area contributed by atoms with Gasteiger partial charge in [0.15, 0.2) is 0 Å². The number of hydrogen-bond acceptors (Lipinski definition) is 4. The number of hydrogen-bond donors (Lipinski definition) is 1. The van der Waals surface area contributed by atoms with Crippen molar-refractivity contribution in [2.24, 2.45) is 7.05 Å². The number of benzene rings is 1. The molecule has 26 heavy (non-hydrogen) atoms. The molecule has 1 N–H and O–H groups in total. The SMILES string of the molecule is C[C@@H](CO)N(C)C(=O)c1cn2cc(-c3ccccc3Cl)n(C)c(=O)c2n1. The van der Waals surface area contributed by atoms with Crippen LogP contribution < -0.4 is 5.56 Å². The van der Waals surface area contributed by atoms with E-state index in [0.717, 1.165) is 0 Å². The topological polar surface area (TPSA) is 79.8 Å². The second-order valence-electron chi connectivity index (χ2n) is 6.16. The Morgan fingerprint density at radius 2 is 2.04 bits per heavy atom. The molecule has 0 aliphatic carbocycles. The average molecular weight is 375 g/mol. The molecule has 1 atom stereocenters. The fourth-order valence-corrected chi connectivity index (χ4v) is 2.89. The van der Waals surface area contributed by atoms with Crippen LogP contribution in [0.25, 0.3) is 16.9 Å². The second kappa shape index (κ2) is 6.93. The summed E-state index contributed by atoms with van der Waals surface area (Å²) in [5.41, 5.74) is 1.28. The highest BCUT2D eigenvalue weighted by atomic mass is 35.5. The summed E-state index contributed by atoms with van der Waals surface area (Å²) in [4.78, 5) is 30.8. The third-order valence-electron chi connectivity index (χ3n) is 4.47. The van der Waals surface area contributed by atoms with E-state index in [1.807, 2.05) is 18.2 Å². The summed E-state index contributed by atoms with van der Waals surface area (Å²) < 4.78 is 2.99. The molecule has 0 fully saturated rings. The first kappa shape index (κ1) is 18.2. The molecule has 0 radical (unpaired) electrons. The zero-order chi connectivity index (χ0) is 19.0. The minimum absolute atomic E-state index is 0.140. The van der Waals surface area contributed by atoms with Crippen LogP contribution in [0.1, 0.15) is 17.4 Å². The molecule has 0 saturated heterocycles. The van der Waals surface area contributed by atoms with E-state index < -0.39 is 0 Å². The quantitative estimate of drug-likeness (QED) is 0.755. The van der Waals surface area contributed by atoms with Crippen LogP contribution >= 0.6 is 11.6 Å². The van der Waals surface area contributed by atoms with Crippen molar-refractivity contribution in [3.8, 4) is 11.3 Å². The van der Waals surface area contributed by atoms with Crippen LogP contribution in [0.5, 0.6) is 0 Å². The molecule has 0 aliphatic rings. The number of halogens is 1. The molecular weight excluding hydrogens is 356 g/mol. The molecule has 136 valence electrons. The molecule has 0 unspecified atom stereocenters. The predicted molar refractivity (Wildman–Crippen MR) is 99.5 cm³/mol. The van der Waals surface area contributed by atoms with Gasteiger partial charge in [-0.25, -0.2) is 4.98 Å². The van der Waals surface area contributed by atoms with E-state index in [4.69, 9.17) is 11.6 Å². The predicted octanol–water partition coefficient (Wildman–Crippen LogP) is 1.81. The van der Waals surface area contributed by atoms with Crippen molar-refractivity contribution < 1.29 is 9.90 Å². The minimum Gasteiger partial charge on any atom is -0.394 e. The van der Waals surface area contributed by atoms with Gasteiger partial charge >= 0.3 is 0 Å². The third-order valence-corrected chi connectivity index (χ3v) is 4.80. The van der Waals surface area contributed by atoms with Crippen LogP contribution in [0.3, 0.4) is 0 Å². The maximum atomic E-state index is 12.7. The highest BCUT2D eigenvalue weighted by Crippen LogP contribution is 2.26. The van der Waals surface area contributed by atoms with Crippen molar-refractivity contribution in [1.29, 1.82) is 0 Å². The fraction of sp³-hybridized carbons (Fsp3) is 0.278. The molecule has 0 saturated carbocycles. The summed E-state index contributed by atoms with van der Waals surface area (Å²) in [6, 6.07) is 6.87. The summed E-state index contributed by atoms with van der Waals surface area (Å²) in [6.45, 7) is 1.57. The average Bonchev–Trinajstić information content (AvgIpc) is 3.07. The minimum atomic E-state index is -0.364. The molecule has 0 aliphatic heterocycles. The number of nitrogens with zero attached hydrogens (tertiary/aromatic N) is 4. The van der Waals surface area contributed by atoms with Crippen LogP contribution in [0.15, 0.2) is 41.5 Å². The molecule has 2 heterocycles. The smallest absolute Gasteiger partial charge is 0.294 e. The van der Waals surface area contributed by atoms with E-state index in [0.29, 0.717) is 16.3 Å². The highest BCUT2D eigenvalue weighted by Gasteiger charge is 2.21. The first-order valence-corrected chi connectivity index (χ1v) is 8.44. The lowest BCUT2D eigenvalue weighted by Gasteiger charge is -2.21. The number of amides is 1. The Morgan fingerprint density at radius 1 is 1.35 bits per heavy atom. The summed E-state index contributed by atoms with van der Waals surface area (Å²) >= 11 is 6.26. The third kappa shape index (κ3) is 3.00. The van der Waals surface area contributed by atoms with E-state index >= 15 is 0 Å². The van der Waals surface area contributed by atoms with Crippen molar-refractivity contribution in [1.82, 2.24) is 18.9 Å². The summed E-state index contributed by atoms with van der Waals surface area (Å²) in [6.07, 6.45) is 3.23. The van der Waals surface area contributed by atoms with Crippen molar-refractivity contribution in [2.75, 3.05) is 13.7 Å². The Hall–Kier alpha value is -2.64. The van der Waals surface area contributed by atoms with Crippen molar-refractivity contribution in [2.45, 2.75) is 13.0 Å². The van der Waals surface area contributed by atoms with E-state index in [1.54, 1.807) is 33.3 Å². The maximum absolute atomic E-state index is 12.7. The molecule has 2 aromatic heterocycles. The number of aromatic nitrogens is 3. The van der Waals surface area contributed by atoms with Gasteiger partial charge in [0.05, 0.1) is 18.3 Å². The number of fused-ring (bicyclic) bond motifs is 1. The number of aliphatic hydroxyl groups is 1. The molecule has 3 aromatic rings. The van der Waals surface area contributed by atoms with Gasteiger partial charge in [-0.15, -0.1) is 0 Å². The van der Waals surface area contributed by atoms with Crippen molar-refractivity contribution in [3.63, 3.8) is 0 Å². The first-order valence-electron chi connectivity index (χ1n) is 8.06. The van der Waals surface area contributed by atoms with Crippen molar-refractivity contribution in [3.05, 3.63) is 57.7 Å². The number of carbonyl (C=O) groups excluding carboxylic acids is 1. The monoisotopic (exact) mass is 374 g/mol. The fourth-order valence-electron chi connectivity index (χ4n) is 2.65. The van der Waals surface area contributed by atoms with Crippen LogP contribution in [-0.2, 0) is 7.05 Å². The van der Waals surface area contributed by atoms with Gasteiger partial charge in [-0.3, -0.25) is 14.0 Å². The van der Waals surface area contributed by atoms with Gasteiger partial charge in [0, 0.05) is 37.1 Å². The van der Waals surface area contributed by atoms with Gasteiger partial charge < -0.3 is 14.6 Å². The Morgan fingerprint density at radius 3 is 2.69 bits per heavy atom. The molecule has 8 heteroatoms. The first-order chi connectivity index (χ1) is 12.3. The van der Waals surface area contributed by atoms with E-state index in [1.165, 1.54) is 20.1 Å². The Balaban J connectivity index is 2.14. The van der Waals surface area contributed by atoms with E-state index in [-0.39, 0.29) is 35.5 Å². The molecule has 1 aromatic carbocycles. The highest BCUT2D eigenvalue weighted by molar-refractivity contribution is 6.33. The Kier molecular flexibility index (Phi) is 4.84. The van der Waals surface area contributed by atoms with Crippen LogP contribution in [0, 0.1) is 0 Å². The van der Waals surface area contributed by atoms with E-state index in [2.05, 4.69) is 4.98 Å². The van der Waals surface area contributed by atoms with Crippen molar-refractivity contribution >= 4 is 23.2 Å². The van der Waals surface area contributed by atoms with E-state index in [9.17, 15) is 14.7 Å². The lowest BCUT2D eigenvalue weighted by Crippen LogP contribution is -2.37. The van der Waals surface area contributed by atoms with Crippen LogP contribution in [-0.4, -0.2) is 49.6 Å². The zero-order valence-corrected chi connectivity index (χ0v) is 15.4. The van der Waals surface area contributed by atoms with Gasteiger partial charge in [0.2, 0.25) is 5.65 Å². The summed E-state index contributed by atoms with van der Waals surface area (Å²) in [5, 5.41) is 9.75. The normalized spacial score (nSPS) is 12.3. The Labute approximate surface area is 155 Å².